The molecule has 2 aromatic rings. The Balaban J connectivity index is 2.00. The predicted octanol–water partition coefficient (Wildman–Crippen LogP) is 3.01. The van der Waals surface area contributed by atoms with Crippen LogP contribution < -0.4 is 21.7 Å². The lowest BCUT2D eigenvalue weighted by Gasteiger charge is -2.17. The summed E-state index contributed by atoms with van der Waals surface area (Å²) in [6.07, 6.45) is -4.78. The third kappa shape index (κ3) is 2.47. The molecule has 0 aliphatic carbocycles. The molecule has 2 aromatic carbocycles. The summed E-state index contributed by atoms with van der Waals surface area (Å²) in [6, 6.07) is 2.64. The molecule has 4 rings (SSSR count). The van der Waals surface area contributed by atoms with E-state index in [-0.39, 0.29) is 5.56 Å². The molecule has 0 unspecified atom stereocenters. The first kappa shape index (κ1) is 16.6. The maximum Gasteiger partial charge on any atom is 0.416 e. The van der Waals surface area contributed by atoms with Gasteiger partial charge in [0, 0.05) is 18.7 Å². The van der Waals surface area contributed by atoms with Crippen LogP contribution in [0.15, 0.2) is 18.2 Å². The van der Waals surface area contributed by atoms with Gasteiger partial charge in [-0.1, -0.05) is 0 Å². The lowest BCUT2D eigenvalue weighted by atomic mass is 9.90. The number of rotatable bonds is 2. The van der Waals surface area contributed by atoms with Gasteiger partial charge in [0.15, 0.2) is 0 Å². The van der Waals surface area contributed by atoms with E-state index in [1.807, 2.05) is 0 Å². The Kier molecular flexibility index (Phi) is 3.58. The SMILES string of the molecule is NC(=O)c1cc(C(F)(F)F)cc(F)c1-c1cc2c(c3c1CNC3)NCN2. The summed E-state index contributed by atoms with van der Waals surface area (Å²) in [4.78, 5) is 11.8. The predicted molar refractivity (Wildman–Crippen MR) is 88.0 cm³/mol. The van der Waals surface area contributed by atoms with Crippen LogP contribution in [0.2, 0.25) is 0 Å². The Morgan fingerprint density at radius 1 is 1.08 bits per heavy atom. The van der Waals surface area contributed by atoms with Crippen LogP contribution in [-0.2, 0) is 19.3 Å². The van der Waals surface area contributed by atoms with Crippen molar-refractivity contribution in [1.82, 2.24) is 5.32 Å². The Labute approximate surface area is 145 Å². The quantitative estimate of drug-likeness (QED) is 0.616. The summed E-state index contributed by atoms with van der Waals surface area (Å²) in [5.41, 5.74) is 6.91. The van der Waals surface area contributed by atoms with Crippen molar-refractivity contribution < 1.29 is 22.4 Å². The van der Waals surface area contributed by atoms with Gasteiger partial charge in [-0.15, -0.1) is 0 Å². The largest absolute Gasteiger partial charge is 0.416 e. The fraction of sp³-hybridized carbons (Fsp3) is 0.235. The Morgan fingerprint density at radius 3 is 2.50 bits per heavy atom. The van der Waals surface area contributed by atoms with Gasteiger partial charge < -0.3 is 21.7 Å². The zero-order valence-electron chi connectivity index (χ0n) is 13.4. The second-order valence-corrected chi connectivity index (χ2v) is 6.18. The van der Waals surface area contributed by atoms with E-state index in [0.29, 0.717) is 43.1 Å². The van der Waals surface area contributed by atoms with Crippen molar-refractivity contribution >= 4 is 17.3 Å². The summed E-state index contributed by atoms with van der Waals surface area (Å²) < 4.78 is 53.7. The van der Waals surface area contributed by atoms with Gasteiger partial charge in [-0.2, -0.15) is 13.2 Å². The lowest BCUT2D eigenvalue weighted by molar-refractivity contribution is -0.137. The highest BCUT2D eigenvalue weighted by atomic mass is 19.4. The lowest BCUT2D eigenvalue weighted by Crippen LogP contribution is -2.17. The minimum absolute atomic E-state index is 0.207. The summed E-state index contributed by atoms with van der Waals surface area (Å²) in [6.45, 7) is 1.44. The van der Waals surface area contributed by atoms with Crippen LogP contribution >= 0.6 is 0 Å². The van der Waals surface area contributed by atoms with Gasteiger partial charge in [-0.25, -0.2) is 4.39 Å². The molecule has 136 valence electrons. The standard InChI is InChI=1S/C17H14F4N4O/c18-12-2-7(17(19,20)21)1-9(16(22)26)14(12)8-3-13-15(25-6-24-13)11-5-23-4-10(8)11/h1-3,23-25H,4-6H2,(H2,22,26). The number of halogens is 4. The molecule has 5 nitrogen and oxygen atoms in total. The molecule has 0 bridgehead atoms. The van der Waals surface area contributed by atoms with Crippen molar-refractivity contribution in [3.05, 3.63) is 46.3 Å². The van der Waals surface area contributed by atoms with Crippen LogP contribution in [0.1, 0.15) is 27.0 Å². The molecule has 0 saturated heterocycles. The molecular weight excluding hydrogens is 352 g/mol. The van der Waals surface area contributed by atoms with Gasteiger partial charge in [0.1, 0.15) is 5.82 Å². The minimum atomic E-state index is -4.78. The van der Waals surface area contributed by atoms with Crippen LogP contribution in [0.5, 0.6) is 0 Å². The third-order valence-electron chi connectivity index (χ3n) is 4.65. The number of primary amides is 1. The van der Waals surface area contributed by atoms with Crippen molar-refractivity contribution in [2.24, 2.45) is 5.73 Å². The smallest absolute Gasteiger partial charge is 0.366 e. The van der Waals surface area contributed by atoms with Crippen LogP contribution in [0.3, 0.4) is 0 Å². The maximum absolute atomic E-state index is 14.7. The van der Waals surface area contributed by atoms with E-state index < -0.39 is 29.0 Å². The number of hydrogen-bond acceptors (Lipinski definition) is 4. The number of carbonyl (C=O) groups is 1. The van der Waals surface area contributed by atoms with Gasteiger partial charge in [0.05, 0.1) is 29.2 Å². The number of carbonyl (C=O) groups excluding carboxylic acids is 1. The number of fused-ring (bicyclic) bond motifs is 3. The summed E-state index contributed by atoms with van der Waals surface area (Å²) in [5.74, 6) is -2.25. The minimum Gasteiger partial charge on any atom is -0.366 e. The second kappa shape index (κ2) is 5.60. The summed E-state index contributed by atoms with van der Waals surface area (Å²) in [5, 5.41) is 9.41. The molecule has 0 spiro atoms. The van der Waals surface area contributed by atoms with Gasteiger partial charge in [-0.3, -0.25) is 4.79 Å². The highest BCUT2D eigenvalue weighted by Crippen LogP contribution is 2.44. The molecule has 0 saturated carbocycles. The summed E-state index contributed by atoms with van der Waals surface area (Å²) in [7, 11) is 0. The van der Waals surface area contributed by atoms with Crippen molar-refractivity contribution in [2.45, 2.75) is 19.3 Å². The number of anilines is 2. The number of alkyl halides is 3. The van der Waals surface area contributed by atoms with E-state index in [4.69, 9.17) is 5.73 Å². The molecule has 0 atom stereocenters. The molecule has 1 amide bonds. The molecule has 0 radical (unpaired) electrons. The Bertz CT molecular complexity index is 940. The number of amides is 1. The van der Waals surface area contributed by atoms with E-state index in [2.05, 4.69) is 16.0 Å². The van der Waals surface area contributed by atoms with Crippen molar-refractivity contribution in [1.29, 1.82) is 0 Å². The van der Waals surface area contributed by atoms with Crippen LogP contribution in [-0.4, -0.2) is 12.6 Å². The average Bonchev–Trinajstić information content (AvgIpc) is 3.20. The van der Waals surface area contributed by atoms with E-state index in [1.165, 1.54) is 0 Å². The molecule has 2 aliphatic heterocycles. The molecule has 0 fully saturated rings. The number of nitrogens with one attached hydrogen (secondary N) is 3. The van der Waals surface area contributed by atoms with Gasteiger partial charge >= 0.3 is 6.18 Å². The normalized spacial score (nSPS) is 15.2. The topological polar surface area (TPSA) is 79.2 Å². The molecule has 2 aliphatic rings. The maximum atomic E-state index is 14.7. The fourth-order valence-corrected chi connectivity index (χ4v) is 3.52. The van der Waals surface area contributed by atoms with Crippen LogP contribution in [0, 0.1) is 5.82 Å². The first-order valence-electron chi connectivity index (χ1n) is 7.85. The number of nitrogens with two attached hydrogens (primary N) is 1. The Hall–Kier alpha value is -2.81. The molecule has 2 heterocycles. The zero-order chi connectivity index (χ0) is 18.6. The fourth-order valence-electron chi connectivity index (χ4n) is 3.52. The second-order valence-electron chi connectivity index (χ2n) is 6.18. The van der Waals surface area contributed by atoms with Gasteiger partial charge in [-0.05, 0) is 34.9 Å². The van der Waals surface area contributed by atoms with Crippen molar-refractivity contribution in [2.75, 3.05) is 17.3 Å². The van der Waals surface area contributed by atoms with Gasteiger partial charge in [0.2, 0.25) is 5.91 Å². The number of benzene rings is 2. The summed E-state index contributed by atoms with van der Waals surface area (Å²) >= 11 is 0. The van der Waals surface area contributed by atoms with Crippen LogP contribution in [0.4, 0.5) is 28.9 Å². The van der Waals surface area contributed by atoms with Crippen molar-refractivity contribution in [3.63, 3.8) is 0 Å². The van der Waals surface area contributed by atoms with E-state index >= 15 is 0 Å². The average molecular weight is 366 g/mol. The zero-order valence-corrected chi connectivity index (χ0v) is 13.4. The highest BCUT2D eigenvalue weighted by Gasteiger charge is 2.34. The third-order valence-corrected chi connectivity index (χ3v) is 4.65. The number of hydrogen-bond donors (Lipinski definition) is 4. The van der Waals surface area contributed by atoms with Gasteiger partial charge in [0.25, 0.3) is 0 Å². The van der Waals surface area contributed by atoms with E-state index in [0.717, 1.165) is 16.8 Å². The first-order chi connectivity index (χ1) is 12.3. The molecular formula is C17H14F4N4O. The molecule has 26 heavy (non-hydrogen) atoms. The Morgan fingerprint density at radius 2 is 1.81 bits per heavy atom. The molecule has 5 N–H and O–H groups in total. The highest BCUT2D eigenvalue weighted by molar-refractivity contribution is 6.02. The van der Waals surface area contributed by atoms with Crippen LogP contribution in [0.25, 0.3) is 11.1 Å². The molecule has 0 aromatic heterocycles. The first-order valence-corrected chi connectivity index (χ1v) is 7.85. The monoisotopic (exact) mass is 366 g/mol. The van der Waals surface area contributed by atoms with E-state index in [1.54, 1.807) is 6.07 Å². The molecule has 9 heteroatoms. The van der Waals surface area contributed by atoms with Crippen molar-refractivity contribution in [3.8, 4) is 11.1 Å². The van der Waals surface area contributed by atoms with E-state index in [9.17, 15) is 22.4 Å².